The lowest BCUT2D eigenvalue weighted by atomic mass is 10.0. The second-order valence-electron chi connectivity index (χ2n) is 8.14. The minimum Gasteiger partial charge on any atom is -0.481 e. The van der Waals surface area contributed by atoms with E-state index in [1.165, 1.54) is 0 Å². The van der Waals surface area contributed by atoms with Crippen molar-refractivity contribution in [2.75, 3.05) is 5.75 Å². The zero-order chi connectivity index (χ0) is 27.7. The molecule has 0 saturated carbocycles. The molecule has 0 spiro atoms. The van der Waals surface area contributed by atoms with Gasteiger partial charge in [-0.05, 0) is 11.6 Å². The Morgan fingerprint density at radius 1 is 0.892 bits per heavy atom. The van der Waals surface area contributed by atoms with E-state index in [2.05, 4.69) is 33.6 Å². The number of carbonyl (C=O) groups excluding carboxylic acids is 4. The third-order valence-electron chi connectivity index (χ3n) is 5.30. The summed E-state index contributed by atoms with van der Waals surface area (Å²) in [5.74, 6) is -6.68. The third-order valence-corrected chi connectivity index (χ3v) is 5.66. The number of H-pyrrole nitrogens is 1. The minimum atomic E-state index is -1.64. The highest BCUT2D eigenvalue weighted by atomic mass is 32.1. The molecular weight excluding hydrogens is 508 g/mol. The van der Waals surface area contributed by atoms with Gasteiger partial charge in [-0.25, -0.2) is 4.79 Å². The summed E-state index contributed by atoms with van der Waals surface area (Å²) in [6.07, 6.45) is 0.189. The summed E-state index contributed by atoms with van der Waals surface area (Å²) in [5.41, 5.74) is 12.0. The number of rotatable bonds is 14. The number of nitrogens with two attached hydrogens (primary N) is 2. The fourth-order valence-electron chi connectivity index (χ4n) is 3.43. The molecule has 4 unspecified atom stereocenters. The number of thiol groups is 1. The maximum absolute atomic E-state index is 13.1. The largest absolute Gasteiger partial charge is 0.481 e. The molecule has 0 aliphatic rings. The summed E-state index contributed by atoms with van der Waals surface area (Å²) in [5, 5.41) is 25.8. The summed E-state index contributed by atoms with van der Waals surface area (Å²) in [6, 6.07) is 1.45. The van der Waals surface area contributed by atoms with E-state index in [0.717, 1.165) is 10.9 Å². The number of carboxylic acids is 2. The van der Waals surface area contributed by atoms with Crippen LogP contribution in [-0.4, -0.2) is 80.7 Å². The maximum atomic E-state index is 13.1. The summed E-state index contributed by atoms with van der Waals surface area (Å²) >= 11 is 4.03. The molecule has 0 fully saturated rings. The van der Waals surface area contributed by atoms with Gasteiger partial charge in [-0.15, -0.1) is 0 Å². The fourth-order valence-corrected chi connectivity index (χ4v) is 3.69. The lowest BCUT2D eigenvalue weighted by Crippen LogP contribution is -2.58. The molecule has 2 aromatic rings. The van der Waals surface area contributed by atoms with Gasteiger partial charge in [-0.2, -0.15) is 12.6 Å². The number of aromatic amines is 1. The zero-order valence-corrected chi connectivity index (χ0v) is 20.4. The molecule has 0 radical (unpaired) electrons. The van der Waals surface area contributed by atoms with E-state index in [1.54, 1.807) is 30.5 Å². The SMILES string of the molecule is NC(=O)CC(NC(=O)C(Cc1c[nH]c2ccccc12)NC(=O)C(CS)NC(=O)C(N)CC(=O)O)C(=O)O. The van der Waals surface area contributed by atoms with Crippen molar-refractivity contribution in [3.8, 4) is 0 Å². The van der Waals surface area contributed by atoms with Gasteiger partial charge in [0.05, 0.1) is 18.9 Å². The predicted molar refractivity (Wildman–Crippen MR) is 133 cm³/mol. The molecule has 1 aromatic carbocycles. The Kier molecular flexibility index (Phi) is 10.4. The summed E-state index contributed by atoms with van der Waals surface area (Å²) in [6.45, 7) is 0. The Labute approximate surface area is 215 Å². The van der Waals surface area contributed by atoms with Crippen LogP contribution in [0.1, 0.15) is 18.4 Å². The first-order valence-electron chi connectivity index (χ1n) is 11.0. The number of para-hydroxylation sites is 1. The van der Waals surface area contributed by atoms with Crippen molar-refractivity contribution in [3.63, 3.8) is 0 Å². The molecule has 1 aromatic heterocycles. The van der Waals surface area contributed by atoms with Gasteiger partial charge in [0.15, 0.2) is 0 Å². The van der Waals surface area contributed by atoms with Crippen LogP contribution in [-0.2, 0) is 35.2 Å². The Morgan fingerprint density at radius 3 is 2.08 bits per heavy atom. The second-order valence-corrected chi connectivity index (χ2v) is 8.51. The molecule has 0 aliphatic carbocycles. The quantitative estimate of drug-likeness (QED) is 0.119. The van der Waals surface area contributed by atoms with E-state index in [9.17, 15) is 33.9 Å². The van der Waals surface area contributed by atoms with Gasteiger partial charge < -0.3 is 42.6 Å². The van der Waals surface area contributed by atoms with E-state index < -0.39 is 72.6 Å². The first-order chi connectivity index (χ1) is 17.4. The van der Waals surface area contributed by atoms with Crippen molar-refractivity contribution in [1.82, 2.24) is 20.9 Å². The van der Waals surface area contributed by atoms with Gasteiger partial charge in [0.2, 0.25) is 23.6 Å². The van der Waals surface area contributed by atoms with Crippen LogP contribution in [0.15, 0.2) is 30.5 Å². The fraction of sp³-hybridized carbons (Fsp3) is 0.364. The molecule has 0 aliphatic heterocycles. The number of hydrogen-bond acceptors (Lipinski definition) is 8. The summed E-state index contributed by atoms with van der Waals surface area (Å²) in [4.78, 5) is 74.8. The zero-order valence-electron chi connectivity index (χ0n) is 19.5. The van der Waals surface area contributed by atoms with Gasteiger partial charge in [-0.1, -0.05) is 18.2 Å². The topological polar surface area (TPSA) is 247 Å². The normalized spacial score (nSPS) is 14.1. The van der Waals surface area contributed by atoms with Crippen LogP contribution >= 0.6 is 12.6 Å². The number of aromatic nitrogens is 1. The Bertz CT molecular complexity index is 1180. The second kappa shape index (κ2) is 13.3. The van der Waals surface area contributed by atoms with Crippen molar-refractivity contribution in [3.05, 3.63) is 36.0 Å². The Morgan fingerprint density at radius 2 is 1.49 bits per heavy atom. The average Bonchev–Trinajstić information content (AvgIpc) is 3.23. The number of benzene rings is 1. The van der Waals surface area contributed by atoms with Crippen LogP contribution in [0.3, 0.4) is 0 Å². The van der Waals surface area contributed by atoms with Crippen molar-refractivity contribution in [2.24, 2.45) is 11.5 Å². The molecule has 0 bridgehead atoms. The van der Waals surface area contributed by atoms with Crippen molar-refractivity contribution in [2.45, 2.75) is 43.4 Å². The van der Waals surface area contributed by atoms with Gasteiger partial charge in [0.25, 0.3) is 0 Å². The first-order valence-corrected chi connectivity index (χ1v) is 11.6. The number of hydrogen-bond donors (Lipinski definition) is 9. The van der Waals surface area contributed by atoms with Crippen molar-refractivity contribution < 1.29 is 39.0 Å². The number of aliphatic carboxylic acids is 2. The average molecular weight is 537 g/mol. The highest BCUT2D eigenvalue weighted by Crippen LogP contribution is 2.19. The monoisotopic (exact) mass is 536 g/mol. The number of primary amides is 1. The molecule has 0 saturated heterocycles. The number of fused-ring (bicyclic) bond motifs is 1. The Balaban J connectivity index is 2.27. The van der Waals surface area contributed by atoms with Crippen molar-refractivity contribution in [1.29, 1.82) is 0 Å². The van der Waals surface area contributed by atoms with Crippen LogP contribution in [0.4, 0.5) is 0 Å². The lowest BCUT2D eigenvalue weighted by Gasteiger charge is -2.24. The minimum absolute atomic E-state index is 0.0870. The molecule has 2 rings (SSSR count). The van der Waals surface area contributed by atoms with E-state index in [-0.39, 0.29) is 12.2 Å². The third kappa shape index (κ3) is 8.50. The van der Waals surface area contributed by atoms with E-state index in [0.29, 0.717) is 5.56 Å². The van der Waals surface area contributed by atoms with Crippen LogP contribution < -0.4 is 27.4 Å². The van der Waals surface area contributed by atoms with E-state index in [4.69, 9.17) is 16.6 Å². The molecule has 15 heteroatoms. The van der Waals surface area contributed by atoms with Crippen LogP contribution in [0, 0.1) is 0 Å². The van der Waals surface area contributed by atoms with Gasteiger partial charge >= 0.3 is 11.9 Å². The van der Waals surface area contributed by atoms with Crippen molar-refractivity contribution >= 4 is 59.1 Å². The first kappa shape index (κ1) is 29.1. The number of nitrogens with one attached hydrogen (secondary N) is 4. The van der Waals surface area contributed by atoms with Crippen LogP contribution in [0.5, 0.6) is 0 Å². The van der Waals surface area contributed by atoms with Gasteiger partial charge in [0.1, 0.15) is 18.1 Å². The molecule has 14 nitrogen and oxygen atoms in total. The molecule has 200 valence electrons. The van der Waals surface area contributed by atoms with Gasteiger partial charge in [0, 0.05) is 29.3 Å². The predicted octanol–water partition coefficient (Wildman–Crippen LogP) is -2.14. The molecular formula is C22H28N6O8S. The number of amides is 4. The molecule has 10 N–H and O–H groups in total. The summed E-state index contributed by atoms with van der Waals surface area (Å²) < 4.78 is 0. The molecule has 4 atom stereocenters. The number of carbonyl (C=O) groups is 6. The molecule has 4 amide bonds. The number of carboxylic acid groups (broad SMARTS) is 2. The lowest BCUT2D eigenvalue weighted by molar-refractivity contribution is -0.143. The van der Waals surface area contributed by atoms with Crippen LogP contribution in [0.25, 0.3) is 10.9 Å². The van der Waals surface area contributed by atoms with Gasteiger partial charge in [-0.3, -0.25) is 24.0 Å². The summed E-state index contributed by atoms with van der Waals surface area (Å²) in [7, 11) is 0. The Hall–Kier alpha value is -4.11. The standard InChI is InChI=1S/C22H28N6O8S/c23-12(6-18(30)31)19(32)28-16(9-37)21(34)26-14(20(33)27-15(22(35)36)7-17(24)29)5-10-8-25-13-4-2-1-3-11(10)13/h1-4,8,12,14-16,25,37H,5-7,9,23H2,(H2,24,29)(H,26,34)(H,27,33)(H,28,32)(H,30,31)(H,35,36). The smallest absolute Gasteiger partial charge is 0.326 e. The van der Waals surface area contributed by atoms with E-state index >= 15 is 0 Å². The highest BCUT2D eigenvalue weighted by molar-refractivity contribution is 7.80. The molecule has 1 heterocycles. The molecule has 37 heavy (non-hydrogen) atoms. The van der Waals surface area contributed by atoms with Crippen LogP contribution in [0.2, 0.25) is 0 Å². The van der Waals surface area contributed by atoms with E-state index in [1.807, 2.05) is 0 Å². The highest BCUT2D eigenvalue weighted by Gasteiger charge is 2.31. The maximum Gasteiger partial charge on any atom is 0.326 e.